The average molecular weight is 470 g/mol. The molecule has 0 saturated carbocycles. The normalized spacial score (nSPS) is 22.3. The zero-order valence-corrected chi connectivity index (χ0v) is 17.9. The number of hydrogen-bond donors (Lipinski definition) is 0. The Kier molecular flexibility index (Phi) is 6.97. The number of sulfonamides is 1. The molecule has 0 N–H and O–H groups in total. The smallest absolute Gasteiger partial charge is 0.375 e. The van der Waals surface area contributed by atoms with Crippen molar-refractivity contribution in [2.45, 2.75) is 24.1 Å². The number of rotatable bonds is 4. The number of piperazine rings is 1. The Bertz CT molecular complexity index is 889. The molecule has 0 spiro atoms. The summed E-state index contributed by atoms with van der Waals surface area (Å²) in [6, 6.07) is 2.57. The predicted molar refractivity (Wildman–Crippen MR) is 104 cm³/mol. The molecular weight excluding hydrogens is 447 g/mol. The van der Waals surface area contributed by atoms with Gasteiger partial charge in [-0.05, 0) is 25.1 Å². The van der Waals surface area contributed by atoms with Crippen LogP contribution in [0, 0.1) is 0 Å². The lowest BCUT2D eigenvalue weighted by Crippen LogP contribution is -2.53. The number of morpholine rings is 1. The Morgan fingerprint density at radius 3 is 2.47 bits per heavy atom. The van der Waals surface area contributed by atoms with Crippen LogP contribution in [0.5, 0.6) is 0 Å². The summed E-state index contributed by atoms with van der Waals surface area (Å²) in [5, 5.41) is -0.554. The zero-order valence-electron chi connectivity index (χ0n) is 16.4. The van der Waals surface area contributed by atoms with Crippen LogP contribution in [0.2, 0.25) is 5.02 Å². The lowest BCUT2D eigenvalue weighted by atomic mass is 10.2. The van der Waals surface area contributed by atoms with Gasteiger partial charge in [-0.3, -0.25) is 9.69 Å². The summed E-state index contributed by atoms with van der Waals surface area (Å²) in [6.07, 6.45) is -4.77. The molecule has 2 aliphatic heterocycles. The number of hydrogen-bond acceptors (Lipinski definition) is 5. The second kappa shape index (κ2) is 8.99. The van der Waals surface area contributed by atoms with Crippen molar-refractivity contribution in [3.8, 4) is 0 Å². The van der Waals surface area contributed by atoms with Crippen molar-refractivity contribution in [1.82, 2.24) is 14.1 Å². The summed E-state index contributed by atoms with van der Waals surface area (Å²) in [5.41, 5.74) is -1.19. The van der Waals surface area contributed by atoms with Crippen LogP contribution in [0.1, 0.15) is 12.5 Å². The third kappa shape index (κ3) is 5.25. The topological polar surface area (TPSA) is 70.2 Å². The first-order chi connectivity index (χ1) is 14.0. The monoisotopic (exact) mass is 469 g/mol. The molecule has 1 aromatic carbocycles. The van der Waals surface area contributed by atoms with Crippen molar-refractivity contribution in [2.24, 2.45) is 0 Å². The Morgan fingerprint density at radius 1 is 1.20 bits per heavy atom. The fraction of sp³-hybridized carbons (Fsp3) is 0.611. The number of benzene rings is 1. The van der Waals surface area contributed by atoms with Gasteiger partial charge in [-0.2, -0.15) is 17.5 Å². The SMILES string of the molecule is C[C@@H]1CN(C(=O)CN2CCN(S(=O)(=O)c3ccc(Cl)c(C(F)(F)F)c3)CC2)CCO1. The van der Waals surface area contributed by atoms with Gasteiger partial charge in [0.25, 0.3) is 0 Å². The molecule has 1 amide bonds. The fourth-order valence-electron chi connectivity index (χ4n) is 3.50. The number of amides is 1. The Balaban J connectivity index is 1.62. The maximum Gasteiger partial charge on any atom is 0.417 e. The number of carbonyl (C=O) groups is 1. The highest BCUT2D eigenvalue weighted by Crippen LogP contribution is 2.36. The first kappa shape index (κ1) is 23.3. The van der Waals surface area contributed by atoms with Gasteiger partial charge in [0.2, 0.25) is 15.9 Å². The van der Waals surface area contributed by atoms with Crippen LogP contribution in [0.3, 0.4) is 0 Å². The molecule has 0 radical (unpaired) electrons. The van der Waals surface area contributed by atoms with E-state index in [2.05, 4.69) is 0 Å². The summed E-state index contributed by atoms with van der Waals surface area (Å²) < 4.78 is 71.3. The van der Waals surface area contributed by atoms with Crippen molar-refractivity contribution in [2.75, 3.05) is 52.4 Å². The molecule has 2 aliphatic rings. The molecule has 2 fully saturated rings. The maximum atomic E-state index is 13.1. The molecule has 30 heavy (non-hydrogen) atoms. The van der Waals surface area contributed by atoms with Crippen LogP contribution in [0.4, 0.5) is 13.2 Å². The highest BCUT2D eigenvalue weighted by Gasteiger charge is 2.36. The highest BCUT2D eigenvalue weighted by molar-refractivity contribution is 7.89. The number of carbonyl (C=O) groups excluding carboxylic acids is 1. The van der Waals surface area contributed by atoms with E-state index >= 15 is 0 Å². The summed E-state index contributed by atoms with van der Waals surface area (Å²) in [4.78, 5) is 15.6. The zero-order chi connectivity index (χ0) is 22.1. The van der Waals surface area contributed by atoms with Crippen molar-refractivity contribution in [1.29, 1.82) is 0 Å². The molecule has 2 heterocycles. The van der Waals surface area contributed by atoms with Gasteiger partial charge in [0.15, 0.2) is 0 Å². The lowest BCUT2D eigenvalue weighted by Gasteiger charge is -2.36. The predicted octanol–water partition coefficient (Wildman–Crippen LogP) is 1.91. The van der Waals surface area contributed by atoms with Crippen molar-refractivity contribution < 1.29 is 31.1 Å². The van der Waals surface area contributed by atoms with Gasteiger partial charge < -0.3 is 9.64 Å². The van der Waals surface area contributed by atoms with E-state index in [9.17, 15) is 26.4 Å². The summed E-state index contributed by atoms with van der Waals surface area (Å²) in [7, 11) is -4.11. The summed E-state index contributed by atoms with van der Waals surface area (Å²) in [5.74, 6) is -0.0472. The average Bonchev–Trinajstić information content (AvgIpc) is 2.67. The van der Waals surface area contributed by atoms with Gasteiger partial charge in [0.05, 0.1) is 34.7 Å². The van der Waals surface area contributed by atoms with Crippen LogP contribution >= 0.6 is 11.6 Å². The summed E-state index contributed by atoms with van der Waals surface area (Å²) in [6.45, 7) is 4.37. The minimum Gasteiger partial charge on any atom is -0.375 e. The van der Waals surface area contributed by atoms with Gasteiger partial charge in [-0.15, -0.1) is 0 Å². The molecule has 0 unspecified atom stereocenters. The van der Waals surface area contributed by atoms with Gasteiger partial charge in [0, 0.05) is 39.3 Å². The minimum absolute atomic E-state index is 0.0225. The van der Waals surface area contributed by atoms with E-state index < -0.39 is 31.7 Å². The van der Waals surface area contributed by atoms with Crippen LogP contribution < -0.4 is 0 Å². The summed E-state index contributed by atoms with van der Waals surface area (Å²) >= 11 is 5.58. The third-order valence-corrected chi connectivity index (χ3v) is 7.39. The molecule has 7 nitrogen and oxygen atoms in total. The largest absolute Gasteiger partial charge is 0.417 e. The van der Waals surface area contributed by atoms with Gasteiger partial charge in [0.1, 0.15) is 0 Å². The molecule has 12 heteroatoms. The fourth-order valence-corrected chi connectivity index (χ4v) is 5.17. The standard InChI is InChI=1S/C18H23ClF3N3O4S/c1-13-11-24(8-9-29-13)17(26)12-23-4-6-25(7-5-23)30(27,28)14-2-3-16(19)15(10-14)18(20,21)22/h2-3,10,13H,4-9,11-12H2,1H3/t13-/m1/s1. The van der Waals surface area contributed by atoms with Crippen LogP contribution in [0.15, 0.2) is 23.1 Å². The maximum absolute atomic E-state index is 13.1. The van der Waals surface area contributed by atoms with Crippen molar-refractivity contribution in [3.05, 3.63) is 28.8 Å². The Morgan fingerprint density at radius 2 is 1.87 bits per heavy atom. The minimum atomic E-state index is -4.75. The van der Waals surface area contributed by atoms with Crippen LogP contribution in [-0.4, -0.2) is 87.0 Å². The quantitative estimate of drug-likeness (QED) is 0.674. The molecule has 0 aliphatic carbocycles. The van der Waals surface area contributed by atoms with E-state index in [1.165, 1.54) is 0 Å². The Labute approximate surface area is 178 Å². The molecule has 1 aromatic rings. The van der Waals surface area contributed by atoms with E-state index in [0.717, 1.165) is 16.4 Å². The number of ether oxygens (including phenoxy) is 1. The Hall–Kier alpha value is -1.40. The van der Waals surface area contributed by atoms with E-state index in [-0.39, 0.29) is 31.6 Å². The third-order valence-electron chi connectivity index (χ3n) is 5.16. The molecule has 168 valence electrons. The first-order valence-corrected chi connectivity index (χ1v) is 11.3. The van der Waals surface area contributed by atoms with E-state index in [4.69, 9.17) is 16.3 Å². The molecule has 1 atom stereocenters. The highest BCUT2D eigenvalue weighted by atomic mass is 35.5. The second-order valence-corrected chi connectivity index (χ2v) is 9.69. The van der Waals surface area contributed by atoms with Gasteiger partial charge in [-0.1, -0.05) is 11.6 Å². The van der Waals surface area contributed by atoms with Crippen molar-refractivity contribution in [3.63, 3.8) is 0 Å². The van der Waals surface area contributed by atoms with E-state index in [1.54, 1.807) is 4.90 Å². The molecule has 0 bridgehead atoms. The lowest BCUT2D eigenvalue weighted by molar-refractivity contribution is -0.139. The van der Waals surface area contributed by atoms with Crippen LogP contribution in [0.25, 0.3) is 0 Å². The molecule has 0 aromatic heterocycles. The number of alkyl halides is 3. The van der Waals surface area contributed by atoms with E-state index in [1.807, 2.05) is 11.8 Å². The molecular formula is C18H23ClF3N3O4S. The number of nitrogens with zero attached hydrogens (tertiary/aromatic N) is 3. The van der Waals surface area contributed by atoms with Gasteiger partial charge in [-0.25, -0.2) is 8.42 Å². The van der Waals surface area contributed by atoms with Crippen molar-refractivity contribution >= 4 is 27.5 Å². The first-order valence-electron chi connectivity index (χ1n) is 9.47. The molecule has 3 rings (SSSR count). The van der Waals surface area contributed by atoms with E-state index in [0.29, 0.717) is 38.9 Å². The molecule has 2 saturated heterocycles. The van der Waals surface area contributed by atoms with Crippen LogP contribution in [-0.2, 0) is 25.7 Å². The second-order valence-electron chi connectivity index (χ2n) is 7.34. The van der Waals surface area contributed by atoms with Gasteiger partial charge >= 0.3 is 6.18 Å². The number of halogens is 4.